The van der Waals surface area contributed by atoms with Gasteiger partial charge in [0, 0.05) is 24.3 Å². The van der Waals surface area contributed by atoms with Crippen LogP contribution in [-0.2, 0) is 6.42 Å². The summed E-state index contributed by atoms with van der Waals surface area (Å²) in [5, 5.41) is 0. The van der Waals surface area contributed by atoms with Crippen LogP contribution in [0.3, 0.4) is 0 Å². The Morgan fingerprint density at radius 3 is 2.47 bits per heavy atom. The van der Waals surface area contributed by atoms with E-state index in [1.165, 1.54) is 36.2 Å². The van der Waals surface area contributed by atoms with Crippen molar-refractivity contribution in [1.82, 2.24) is 0 Å². The number of nitrogens with zero attached hydrogens (tertiary/aromatic N) is 1. The molecule has 2 nitrogen and oxygen atoms in total. The molecular formula is C17H28N2. The Labute approximate surface area is 118 Å². The molecule has 0 bridgehead atoms. The molecule has 19 heavy (non-hydrogen) atoms. The fraction of sp³-hybridized carbons (Fsp3) is 0.647. The van der Waals surface area contributed by atoms with Gasteiger partial charge in [-0.3, -0.25) is 0 Å². The van der Waals surface area contributed by atoms with E-state index in [2.05, 4.69) is 50.8 Å². The van der Waals surface area contributed by atoms with Crippen molar-refractivity contribution in [3.05, 3.63) is 29.3 Å². The lowest BCUT2D eigenvalue weighted by molar-refractivity contribution is 0.637. The lowest BCUT2D eigenvalue weighted by atomic mass is 10.0. The van der Waals surface area contributed by atoms with Crippen molar-refractivity contribution in [3.8, 4) is 0 Å². The molecule has 106 valence electrons. The van der Waals surface area contributed by atoms with Gasteiger partial charge in [-0.2, -0.15) is 0 Å². The summed E-state index contributed by atoms with van der Waals surface area (Å²) in [7, 11) is 0. The van der Waals surface area contributed by atoms with E-state index in [9.17, 15) is 0 Å². The van der Waals surface area contributed by atoms with E-state index < -0.39 is 0 Å². The summed E-state index contributed by atoms with van der Waals surface area (Å²) in [6.45, 7) is 10.0. The number of rotatable bonds is 6. The average Bonchev–Trinajstić information content (AvgIpc) is 3.09. The molecule has 0 spiro atoms. The first kappa shape index (κ1) is 14.4. The van der Waals surface area contributed by atoms with E-state index in [4.69, 9.17) is 5.73 Å². The molecule has 1 aliphatic carbocycles. The zero-order valence-electron chi connectivity index (χ0n) is 12.8. The third-order valence-electron chi connectivity index (χ3n) is 3.86. The second-order valence-corrected chi connectivity index (χ2v) is 6.50. The van der Waals surface area contributed by atoms with E-state index >= 15 is 0 Å². The molecular weight excluding hydrogens is 232 g/mol. The van der Waals surface area contributed by atoms with Gasteiger partial charge in [0.1, 0.15) is 0 Å². The Hall–Kier alpha value is -1.02. The van der Waals surface area contributed by atoms with Crippen LogP contribution in [0.1, 0.15) is 44.7 Å². The third-order valence-corrected chi connectivity index (χ3v) is 3.86. The maximum atomic E-state index is 6.01. The summed E-state index contributed by atoms with van der Waals surface area (Å²) in [6.07, 6.45) is 3.76. The molecule has 1 aromatic carbocycles. The van der Waals surface area contributed by atoms with Gasteiger partial charge in [-0.1, -0.05) is 17.7 Å². The van der Waals surface area contributed by atoms with E-state index in [0.29, 0.717) is 6.04 Å². The zero-order valence-corrected chi connectivity index (χ0v) is 12.8. The highest BCUT2D eigenvalue weighted by molar-refractivity contribution is 5.56. The van der Waals surface area contributed by atoms with Gasteiger partial charge in [-0.05, 0) is 64.5 Å². The van der Waals surface area contributed by atoms with Crippen LogP contribution in [0.4, 0.5) is 5.69 Å². The maximum Gasteiger partial charge on any atom is 0.0401 e. The molecule has 1 fully saturated rings. The Morgan fingerprint density at radius 2 is 1.95 bits per heavy atom. The molecule has 0 saturated heterocycles. The second-order valence-electron chi connectivity index (χ2n) is 6.50. The number of anilines is 1. The minimum atomic E-state index is 0.218. The normalized spacial score (nSPS) is 16.7. The van der Waals surface area contributed by atoms with Crippen LogP contribution in [0.15, 0.2) is 18.2 Å². The van der Waals surface area contributed by atoms with Crippen LogP contribution in [0.5, 0.6) is 0 Å². The summed E-state index contributed by atoms with van der Waals surface area (Å²) >= 11 is 0. The van der Waals surface area contributed by atoms with Crippen molar-refractivity contribution in [3.63, 3.8) is 0 Å². The highest BCUT2D eigenvalue weighted by atomic mass is 15.2. The van der Waals surface area contributed by atoms with Crippen molar-refractivity contribution < 1.29 is 0 Å². The quantitative estimate of drug-likeness (QED) is 0.848. The molecule has 1 saturated carbocycles. The van der Waals surface area contributed by atoms with E-state index in [-0.39, 0.29) is 6.04 Å². The van der Waals surface area contributed by atoms with Crippen LogP contribution in [0.25, 0.3) is 0 Å². The Balaban J connectivity index is 2.28. The van der Waals surface area contributed by atoms with Crippen LogP contribution in [0, 0.1) is 12.8 Å². The molecule has 0 aromatic heterocycles. The molecule has 2 heteroatoms. The summed E-state index contributed by atoms with van der Waals surface area (Å²) in [5.41, 5.74) is 10.1. The minimum absolute atomic E-state index is 0.218. The summed E-state index contributed by atoms with van der Waals surface area (Å²) in [4.78, 5) is 2.56. The van der Waals surface area contributed by atoms with Crippen molar-refractivity contribution in [2.24, 2.45) is 11.7 Å². The van der Waals surface area contributed by atoms with E-state index in [0.717, 1.165) is 12.3 Å². The molecule has 0 heterocycles. The molecule has 0 radical (unpaired) electrons. The number of hydrogen-bond acceptors (Lipinski definition) is 2. The number of benzene rings is 1. The van der Waals surface area contributed by atoms with Crippen molar-refractivity contribution in [2.75, 3.05) is 11.4 Å². The smallest absolute Gasteiger partial charge is 0.0401 e. The standard InChI is InChI=1S/C17H28N2/c1-12(2)19(11-15-6-7-15)17-8-5-13(3)9-16(17)10-14(4)18/h5,8-9,12,14-15H,6-7,10-11,18H2,1-4H3. The monoisotopic (exact) mass is 260 g/mol. The molecule has 1 aliphatic rings. The fourth-order valence-corrected chi connectivity index (χ4v) is 2.67. The summed E-state index contributed by atoms with van der Waals surface area (Å²) < 4.78 is 0. The first-order valence-corrected chi connectivity index (χ1v) is 7.59. The highest BCUT2D eigenvalue weighted by Gasteiger charge is 2.26. The molecule has 0 amide bonds. The van der Waals surface area contributed by atoms with Crippen LogP contribution >= 0.6 is 0 Å². The first-order chi connectivity index (χ1) is 8.97. The van der Waals surface area contributed by atoms with Gasteiger partial charge in [0.05, 0.1) is 0 Å². The largest absolute Gasteiger partial charge is 0.369 e. The SMILES string of the molecule is Cc1ccc(N(CC2CC2)C(C)C)c(CC(C)N)c1. The molecule has 1 aromatic rings. The number of nitrogens with two attached hydrogens (primary N) is 1. The third kappa shape index (κ3) is 3.97. The van der Waals surface area contributed by atoms with Crippen LogP contribution in [0.2, 0.25) is 0 Å². The first-order valence-electron chi connectivity index (χ1n) is 7.59. The van der Waals surface area contributed by atoms with E-state index in [1.807, 2.05) is 0 Å². The van der Waals surface area contributed by atoms with Gasteiger partial charge in [0.2, 0.25) is 0 Å². The molecule has 0 aliphatic heterocycles. The highest BCUT2D eigenvalue weighted by Crippen LogP contribution is 2.34. The van der Waals surface area contributed by atoms with Crippen molar-refractivity contribution in [1.29, 1.82) is 0 Å². The Bertz CT molecular complexity index is 419. The Kier molecular flexibility index (Phi) is 4.51. The van der Waals surface area contributed by atoms with Gasteiger partial charge in [0.15, 0.2) is 0 Å². The van der Waals surface area contributed by atoms with Crippen molar-refractivity contribution in [2.45, 2.75) is 59.0 Å². The van der Waals surface area contributed by atoms with E-state index in [1.54, 1.807) is 0 Å². The second kappa shape index (κ2) is 5.96. The lowest BCUT2D eigenvalue weighted by Gasteiger charge is -2.31. The molecule has 1 unspecified atom stereocenters. The Morgan fingerprint density at radius 1 is 1.26 bits per heavy atom. The lowest BCUT2D eigenvalue weighted by Crippen LogP contribution is -2.34. The zero-order chi connectivity index (χ0) is 14.0. The number of aryl methyl sites for hydroxylation is 1. The predicted octanol–water partition coefficient (Wildman–Crippen LogP) is 3.51. The fourth-order valence-electron chi connectivity index (χ4n) is 2.67. The van der Waals surface area contributed by atoms with Gasteiger partial charge < -0.3 is 10.6 Å². The van der Waals surface area contributed by atoms with Crippen LogP contribution in [-0.4, -0.2) is 18.6 Å². The summed E-state index contributed by atoms with van der Waals surface area (Å²) in [5.74, 6) is 0.909. The van der Waals surface area contributed by atoms with Gasteiger partial charge in [-0.25, -0.2) is 0 Å². The van der Waals surface area contributed by atoms with Gasteiger partial charge in [0.25, 0.3) is 0 Å². The van der Waals surface area contributed by atoms with Gasteiger partial charge in [-0.15, -0.1) is 0 Å². The molecule has 2 rings (SSSR count). The van der Waals surface area contributed by atoms with Crippen molar-refractivity contribution >= 4 is 5.69 Å². The maximum absolute atomic E-state index is 6.01. The molecule has 1 atom stereocenters. The average molecular weight is 260 g/mol. The molecule has 2 N–H and O–H groups in total. The topological polar surface area (TPSA) is 29.3 Å². The number of hydrogen-bond donors (Lipinski definition) is 1. The predicted molar refractivity (Wildman–Crippen MR) is 83.7 cm³/mol. The minimum Gasteiger partial charge on any atom is -0.369 e. The van der Waals surface area contributed by atoms with Crippen LogP contribution < -0.4 is 10.6 Å². The van der Waals surface area contributed by atoms with Gasteiger partial charge >= 0.3 is 0 Å². The summed E-state index contributed by atoms with van der Waals surface area (Å²) in [6, 6.07) is 7.59.